The van der Waals surface area contributed by atoms with Crippen LogP contribution in [0, 0.1) is 19.7 Å². The topological polar surface area (TPSA) is 66.9 Å². The first kappa shape index (κ1) is 20.5. The number of rotatable bonds is 6. The molecule has 0 atom stereocenters. The molecule has 0 aliphatic heterocycles. The highest BCUT2D eigenvalue weighted by molar-refractivity contribution is 6.04. The van der Waals surface area contributed by atoms with Crippen LogP contribution in [0.2, 0.25) is 0 Å². The molecule has 0 fully saturated rings. The third kappa shape index (κ3) is 4.86. The molecular weight excluding hydrogens is 391 g/mol. The van der Waals surface area contributed by atoms with Crippen molar-refractivity contribution in [2.75, 3.05) is 17.2 Å². The zero-order chi connectivity index (χ0) is 21.8. The van der Waals surface area contributed by atoms with E-state index in [0.717, 1.165) is 46.6 Å². The van der Waals surface area contributed by atoms with Crippen LogP contribution in [-0.2, 0) is 6.42 Å². The van der Waals surface area contributed by atoms with Gasteiger partial charge in [0.2, 0.25) is 0 Å². The molecule has 3 aromatic carbocycles. The zero-order valence-electron chi connectivity index (χ0n) is 17.4. The van der Waals surface area contributed by atoms with Crippen LogP contribution in [-0.4, -0.2) is 22.4 Å². The molecule has 0 saturated heterocycles. The summed E-state index contributed by atoms with van der Waals surface area (Å²) < 4.78 is 13.0. The molecule has 1 heterocycles. The number of anilines is 2. The normalized spacial score (nSPS) is 10.8. The zero-order valence-corrected chi connectivity index (χ0v) is 17.4. The van der Waals surface area contributed by atoms with Crippen LogP contribution in [0.5, 0.6) is 0 Å². The van der Waals surface area contributed by atoms with E-state index >= 15 is 0 Å². The van der Waals surface area contributed by atoms with Gasteiger partial charge in [-0.1, -0.05) is 24.3 Å². The Balaban J connectivity index is 1.37. The number of nitrogens with zero attached hydrogens (tertiary/aromatic N) is 2. The Morgan fingerprint density at radius 3 is 2.42 bits per heavy atom. The van der Waals surface area contributed by atoms with Crippen LogP contribution >= 0.6 is 0 Å². The van der Waals surface area contributed by atoms with Crippen molar-refractivity contribution < 1.29 is 9.18 Å². The fraction of sp³-hybridized carbons (Fsp3) is 0.160. The van der Waals surface area contributed by atoms with Gasteiger partial charge in [0.1, 0.15) is 17.5 Å². The van der Waals surface area contributed by atoms with Crippen molar-refractivity contribution in [3.8, 4) is 0 Å². The Morgan fingerprint density at radius 1 is 0.935 bits per heavy atom. The quantitative estimate of drug-likeness (QED) is 0.450. The smallest absolute Gasteiger partial charge is 0.255 e. The van der Waals surface area contributed by atoms with Crippen LogP contribution in [0.3, 0.4) is 0 Å². The first-order chi connectivity index (χ1) is 15.0. The maximum atomic E-state index is 13.0. The van der Waals surface area contributed by atoms with Gasteiger partial charge in [0, 0.05) is 23.2 Å². The molecular formula is C25H23FN4O. The third-order valence-corrected chi connectivity index (χ3v) is 5.06. The SMILES string of the molecule is Cc1nc(NCCc2ccc(NC(=O)c3ccc(F)cc3)cc2)c2cccc(C)c2n1. The number of para-hydroxylation sites is 1. The minimum absolute atomic E-state index is 0.268. The van der Waals surface area contributed by atoms with Gasteiger partial charge in [0.25, 0.3) is 5.91 Å². The molecule has 0 spiro atoms. The van der Waals surface area contributed by atoms with E-state index in [4.69, 9.17) is 0 Å². The molecule has 0 radical (unpaired) electrons. The van der Waals surface area contributed by atoms with Gasteiger partial charge < -0.3 is 10.6 Å². The van der Waals surface area contributed by atoms with E-state index in [9.17, 15) is 9.18 Å². The second-order valence-corrected chi connectivity index (χ2v) is 7.43. The predicted octanol–water partition coefficient (Wildman–Crippen LogP) is 5.29. The Kier molecular flexibility index (Phi) is 5.89. The lowest BCUT2D eigenvalue weighted by atomic mass is 10.1. The summed E-state index contributed by atoms with van der Waals surface area (Å²) in [6.45, 7) is 4.67. The first-order valence-corrected chi connectivity index (χ1v) is 10.1. The van der Waals surface area contributed by atoms with Gasteiger partial charge in [-0.05, 0) is 73.9 Å². The Morgan fingerprint density at radius 2 is 1.68 bits per heavy atom. The predicted molar refractivity (Wildman–Crippen MR) is 122 cm³/mol. The average Bonchev–Trinajstić information content (AvgIpc) is 2.76. The number of hydrogen-bond acceptors (Lipinski definition) is 4. The fourth-order valence-electron chi connectivity index (χ4n) is 3.43. The minimum Gasteiger partial charge on any atom is -0.369 e. The van der Waals surface area contributed by atoms with Crippen LogP contribution in [0.15, 0.2) is 66.7 Å². The minimum atomic E-state index is -0.366. The number of fused-ring (bicyclic) bond motifs is 1. The van der Waals surface area contributed by atoms with Gasteiger partial charge in [0.15, 0.2) is 0 Å². The highest BCUT2D eigenvalue weighted by Crippen LogP contribution is 2.23. The van der Waals surface area contributed by atoms with Gasteiger partial charge in [-0.25, -0.2) is 14.4 Å². The van der Waals surface area contributed by atoms with Gasteiger partial charge in [-0.15, -0.1) is 0 Å². The molecule has 0 aliphatic rings. The summed E-state index contributed by atoms with van der Waals surface area (Å²) in [6, 6.07) is 19.3. The molecule has 1 aromatic heterocycles. The summed E-state index contributed by atoms with van der Waals surface area (Å²) >= 11 is 0. The average molecular weight is 414 g/mol. The van der Waals surface area contributed by atoms with Crippen LogP contribution < -0.4 is 10.6 Å². The number of amides is 1. The standard InChI is InChI=1S/C25H23FN4O/c1-16-4-3-5-22-23(16)28-17(2)29-24(22)27-15-14-18-6-12-21(13-7-18)30-25(31)19-8-10-20(26)11-9-19/h3-13H,14-15H2,1-2H3,(H,30,31)(H,27,28,29). The van der Waals surface area contributed by atoms with Crippen molar-refractivity contribution in [2.24, 2.45) is 0 Å². The molecule has 2 N–H and O–H groups in total. The summed E-state index contributed by atoms with van der Waals surface area (Å²) in [4.78, 5) is 21.4. The molecule has 31 heavy (non-hydrogen) atoms. The summed E-state index contributed by atoms with van der Waals surface area (Å²) in [6.07, 6.45) is 0.808. The molecule has 4 aromatic rings. The van der Waals surface area contributed by atoms with Crippen LogP contribution in [0.25, 0.3) is 10.9 Å². The lowest BCUT2D eigenvalue weighted by Crippen LogP contribution is -2.12. The van der Waals surface area contributed by atoms with E-state index in [2.05, 4.69) is 33.6 Å². The fourth-order valence-corrected chi connectivity index (χ4v) is 3.43. The number of carbonyl (C=O) groups excluding carboxylic acids is 1. The van der Waals surface area contributed by atoms with E-state index < -0.39 is 0 Å². The Hall–Kier alpha value is -3.80. The summed E-state index contributed by atoms with van der Waals surface area (Å²) in [5.41, 5.74) is 4.35. The molecule has 0 unspecified atom stereocenters. The van der Waals surface area contributed by atoms with Crippen molar-refractivity contribution in [1.82, 2.24) is 9.97 Å². The summed E-state index contributed by atoms with van der Waals surface area (Å²) in [7, 11) is 0. The molecule has 5 nitrogen and oxygen atoms in total. The third-order valence-electron chi connectivity index (χ3n) is 5.06. The summed E-state index contributed by atoms with van der Waals surface area (Å²) in [5, 5.41) is 7.27. The van der Waals surface area contributed by atoms with E-state index in [0.29, 0.717) is 11.3 Å². The number of aryl methyl sites for hydroxylation is 2. The Bertz CT molecular complexity index is 1220. The second-order valence-electron chi connectivity index (χ2n) is 7.43. The molecule has 6 heteroatoms. The number of benzene rings is 3. The number of carbonyl (C=O) groups is 1. The number of aromatic nitrogens is 2. The van der Waals surface area contributed by atoms with Gasteiger partial charge in [0.05, 0.1) is 5.52 Å². The van der Waals surface area contributed by atoms with E-state index in [1.54, 1.807) is 0 Å². The van der Waals surface area contributed by atoms with Gasteiger partial charge >= 0.3 is 0 Å². The monoisotopic (exact) mass is 414 g/mol. The number of hydrogen-bond donors (Lipinski definition) is 2. The molecule has 156 valence electrons. The van der Waals surface area contributed by atoms with Gasteiger partial charge in [-0.2, -0.15) is 0 Å². The first-order valence-electron chi connectivity index (χ1n) is 10.1. The van der Waals surface area contributed by atoms with Crippen molar-refractivity contribution in [2.45, 2.75) is 20.3 Å². The van der Waals surface area contributed by atoms with Crippen molar-refractivity contribution >= 4 is 28.3 Å². The highest BCUT2D eigenvalue weighted by Gasteiger charge is 2.08. The van der Waals surface area contributed by atoms with Crippen molar-refractivity contribution in [1.29, 1.82) is 0 Å². The maximum Gasteiger partial charge on any atom is 0.255 e. The van der Waals surface area contributed by atoms with Crippen molar-refractivity contribution in [3.63, 3.8) is 0 Å². The van der Waals surface area contributed by atoms with E-state index in [1.165, 1.54) is 24.3 Å². The second kappa shape index (κ2) is 8.92. The molecule has 1 amide bonds. The van der Waals surface area contributed by atoms with Crippen LogP contribution in [0.1, 0.15) is 27.3 Å². The summed E-state index contributed by atoms with van der Waals surface area (Å²) in [5.74, 6) is 0.949. The molecule has 0 aliphatic carbocycles. The molecule has 0 bridgehead atoms. The van der Waals surface area contributed by atoms with Crippen molar-refractivity contribution in [3.05, 3.63) is 95.1 Å². The van der Waals surface area contributed by atoms with E-state index in [-0.39, 0.29) is 11.7 Å². The largest absolute Gasteiger partial charge is 0.369 e. The van der Waals surface area contributed by atoms with E-state index in [1.807, 2.05) is 43.3 Å². The molecule has 4 rings (SSSR count). The molecule has 0 saturated carbocycles. The maximum absolute atomic E-state index is 13.0. The lowest BCUT2D eigenvalue weighted by Gasteiger charge is -2.11. The highest BCUT2D eigenvalue weighted by atomic mass is 19.1. The number of nitrogens with one attached hydrogen (secondary N) is 2. The van der Waals surface area contributed by atoms with Crippen LogP contribution in [0.4, 0.5) is 15.9 Å². The number of halogens is 1. The Labute approximate surface area is 180 Å². The van der Waals surface area contributed by atoms with Gasteiger partial charge in [-0.3, -0.25) is 4.79 Å². The lowest BCUT2D eigenvalue weighted by molar-refractivity contribution is 0.102.